The minimum absolute atomic E-state index is 0.00295. The molecule has 168 valence electrons. The maximum absolute atomic E-state index is 12.1. The molecule has 8 nitrogen and oxygen atoms in total. The number of hydrogen-bond donors (Lipinski definition) is 1. The Kier molecular flexibility index (Phi) is 8.59. The number of ether oxygens (including phenoxy) is 3. The van der Waals surface area contributed by atoms with Gasteiger partial charge in [0.05, 0.1) is 20.6 Å². The van der Waals surface area contributed by atoms with Crippen molar-refractivity contribution >= 4 is 29.8 Å². The normalized spacial score (nSPS) is 10.9. The summed E-state index contributed by atoms with van der Waals surface area (Å²) in [4.78, 5) is 37.2. The predicted molar refractivity (Wildman–Crippen MR) is 120 cm³/mol. The van der Waals surface area contributed by atoms with E-state index >= 15 is 0 Å². The number of benzene rings is 2. The molecule has 0 aliphatic rings. The fourth-order valence-electron chi connectivity index (χ4n) is 2.52. The van der Waals surface area contributed by atoms with Crippen LogP contribution < -0.4 is 14.2 Å². The zero-order chi connectivity index (χ0) is 23.7. The highest BCUT2D eigenvalue weighted by atomic mass is 16.6. The van der Waals surface area contributed by atoms with E-state index in [2.05, 4.69) is 0 Å². The molecule has 0 saturated carbocycles. The number of allylic oxidation sites excluding steroid dienone is 2. The van der Waals surface area contributed by atoms with Gasteiger partial charge in [0.15, 0.2) is 34.6 Å². The zero-order valence-corrected chi connectivity index (χ0v) is 18.3. The van der Waals surface area contributed by atoms with Crippen molar-refractivity contribution < 1.29 is 33.7 Å². The average Bonchev–Trinajstić information content (AvgIpc) is 2.77. The first kappa shape index (κ1) is 24.2. The van der Waals surface area contributed by atoms with E-state index in [1.165, 1.54) is 37.3 Å². The van der Waals surface area contributed by atoms with E-state index in [0.29, 0.717) is 16.9 Å². The molecule has 32 heavy (non-hydrogen) atoms. The molecular weight excluding hydrogens is 414 g/mol. The Morgan fingerprint density at radius 3 is 1.91 bits per heavy atom. The Balaban J connectivity index is 1.99. The number of nitrogens with zero attached hydrogens (tertiary/aromatic N) is 1. The number of phenols is 1. The van der Waals surface area contributed by atoms with Crippen LogP contribution in [-0.4, -0.2) is 56.0 Å². The zero-order valence-electron chi connectivity index (χ0n) is 18.3. The van der Waals surface area contributed by atoms with E-state index in [-0.39, 0.29) is 35.2 Å². The van der Waals surface area contributed by atoms with E-state index in [1.54, 1.807) is 56.6 Å². The lowest BCUT2D eigenvalue weighted by molar-refractivity contribution is -0.121. The van der Waals surface area contributed by atoms with Crippen molar-refractivity contribution in [2.75, 3.05) is 28.3 Å². The van der Waals surface area contributed by atoms with Gasteiger partial charge in [0.25, 0.3) is 0 Å². The van der Waals surface area contributed by atoms with Crippen molar-refractivity contribution in [2.24, 2.45) is 0 Å². The summed E-state index contributed by atoms with van der Waals surface area (Å²) < 4.78 is 15.5. The number of phenolic OH excluding ortho intramolecular Hbond substituents is 1. The summed E-state index contributed by atoms with van der Waals surface area (Å²) in [5.74, 6) is 0.132. The molecule has 0 aliphatic heterocycles. The Bertz CT molecular complexity index is 1050. The van der Waals surface area contributed by atoms with Gasteiger partial charge < -0.3 is 24.2 Å². The molecule has 0 saturated heterocycles. The van der Waals surface area contributed by atoms with Crippen molar-refractivity contribution in [1.82, 2.24) is 4.90 Å². The first-order valence-corrected chi connectivity index (χ1v) is 9.59. The molecule has 2 aromatic rings. The minimum Gasteiger partial charge on any atom is -0.504 e. The molecule has 1 amide bonds. The topological polar surface area (TPSA) is 102 Å². The first-order valence-electron chi connectivity index (χ1n) is 9.59. The van der Waals surface area contributed by atoms with E-state index in [0.717, 1.165) is 0 Å². The van der Waals surface area contributed by atoms with Crippen molar-refractivity contribution in [1.29, 1.82) is 0 Å². The van der Waals surface area contributed by atoms with E-state index in [4.69, 9.17) is 14.2 Å². The molecule has 2 rings (SSSR count). The van der Waals surface area contributed by atoms with Gasteiger partial charge in [-0.3, -0.25) is 9.59 Å². The van der Waals surface area contributed by atoms with Crippen molar-refractivity contribution in [3.8, 4) is 23.0 Å². The highest BCUT2D eigenvalue weighted by Crippen LogP contribution is 2.29. The molecule has 0 unspecified atom stereocenters. The van der Waals surface area contributed by atoms with Crippen molar-refractivity contribution in [3.63, 3.8) is 0 Å². The first-order chi connectivity index (χ1) is 15.2. The molecule has 0 aromatic heterocycles. The highest BCUT2D eigenvalue weighted by molar-refractivity contribution is 6.10. The largest absolute Gasteiger partial charge is 0.504 e. The fourth-order valence-corrected chi connectivity index (χ4v) is 2.52. The summed E-state index contributed by atoms with van der Waals surface area (Å²) in [6.45, 7) is 0. The van der Waals surface area contributed by atoms with Gasteiger partial charge >= 0.3 is 6.09 Å². The van der Waals surface area contributed by atoms with E-state index in [1.807, 2.05) is 0 Å². The van der Waals surface area contributed by atoms with Gasteiger partial charge in [-0.05, 0) is 47.5 Å². The third kappa shape index (κ3) is 7.02. The van der Waals surface area contributed by atoms with Gasteiger partial charge in [0.2, 0.25) is 0 Å². The van der Waals surface area contributed by atoms with Gasteiger partial charge in [-0.15, -0.1) is 0 Å². The highest BCUT2D eigenvalue weighted by Gasteiger charge is 2.12. The van der Waals surface area contributed by atoms with E-state index in [9.17, 15) is 19.5 Å². The lowest BCUT2D eigenvalue weighted by Crippen LogP contribution is -2.25. The fraction of sp³-hybridized carbons (Fsp3) is 0.208. The monoisotopic (exact) mass is 439 g/mol. The molecule has 0 radical (unpaired) electrons. The summed E-state index contributed by atoms with van der Waals surface area (Å²) in [5.41, 5.74) is 1.29. The number of amides is 1. The second kappa shape index (κ2) is 11.4. The molecule has 0 bridgehead atoms. The maximum Gasteiger partial charge on any atom is 0.414 e. The molecule has 0 atom stereocenters. The molecule has 1 N–H and O–H groups in total. The van der Waals surface area contributed by atoms with Crippen molar-refractivity contribution in [2.45, 2.75) is 6.42 Å². The summed E-state index contributed by atoms with van der Waals surface area (Å²) in [7, 11) is 6.00. The third-order valence-corrected chi connectivity index (χ3v) is 4.23. The van der Waals surface area contributed by atoms with Crippen molar-refractivity contribution in [3.05, 3.63) is 59.7 Å². The molecule has 0 heterocycles. The van der Waals surface area contributed by atoms with Crippen LogP contribution in [0.4, 0.5) is 4.79 Å². The third-order valence-electron chi connectivity index (χ3n) is 4.23. The lowest BCUT2D eigenvalue weighted by atomic mass is 10.1. The molecule has 0 spiro atoms. The SMILES string of the molecule is COc1cc(C=CC(=O)CC(=O)C=Cc2ccc(OC(=O)N(C)C)c(OC)c2)ccc1O. The van der Waals surface area contributed by atoms with Crippen LogP contribution in [0.15, 0.2) is 48.6 Å². The van der Waals surface area contributed by atoms with Gasteiger partial charge in [0.1, 0.15) is 0 Å². The maximum atomic E-state index is 12.1. The van der Waals surface area contributed by atoms with Crippen LogP contribution >= 0.6 is 0 Å². The van der Waals surface area contributed by atoms with Crippen LogP contribution in [0.5, 0.6) is 23.0 Å². The Morgan fingerprint density at radius 1 is 0.844 bits per heavy atom. The molecular formula is C24H25NO7. The number of carbonyl (C=O) groups excluding carboxylic acids is 3. The standard InChI is InChI=1S/C24H25NO7/c1-25(2)24(29)32-21-12-8-17(14-23(21)31-4)6-10-19(27)15-18(26)9-5-16-7-11-20(28)22(13-16)30-3/h5-14,28H,15H2,1-4H3. The summed E-state index contributed by atoms with van der Waals surface area (Å²) in [6, 6.07) is 9.48. The quantitative estimate of drug-likeness (QED) is 0.469. The molecule has 0 fully saturated rings. The van der Waals surface area contributed by atoms with Gasteiger partial charge in [-0.25, -0.2) is 4.79 Å². The molecule has 0 aliphatic carbocycles. The van der Waals surface area contributed by atoms with Crippen LogP contribution in [0.1, 0.15) is 17.5 Å². The average molecular weight is 439 g/mol. The number of carbonyl (C=O) groups is 3. The lowest BCUT2D eigenvalue weighted by Gasteiger charge is -2.13. The Morgan fingerprint density at radius 2 is 1.38 bits per heavy atom. The number of hydrogen-bond acceptors (Lipinski definition) is 7. The van der Waals surface area contributed by atoms with Gasteiger partial charge in [0, 0.05) is 14.1 Å². The molecule has 8 heteroatoms. The number of aromatic hydroxyl groups is 1. The predicted octanol–water partition coefficient (Wildman–Crippen LogP) is 3.72. The van der Waals surface area contributed by atoms with Crippen LogP contribution in [0, 0.1) is 0 Å². The summed E-state index contributed by atoms with van der Waals surface area (Å²) in [6.07, 6.45) is 4.85. The van der Waals surface area contributed by atoms with E-state index < -0.39 is 6.09 Å². The second-order valence-electron chi connectivity index (χ2n) is 6.88. The Hall–Kier alpha value is -4.07. The van der Waals surface area contributed by atoms with Crippen LogP contribution in [-0.2, 0) is 9.59 Å². The van der Waals surface area contributed by atoms with Gasteiger partial charge in [-0.1, -0.05) is 24.3 Å². The smallest absolute Gasteiger partial charge is 0.414 e. The minimum atomic E-state index is -0.543. The molecule has 2 aromatic carbocycles. The number of ketones is 2. The van der Waals surface area contributed by atoms with Crippen LogP contribution in [0.2, 0.25) is 0 Å². The second-order valence-corrected chi connectivity index (χ2v) is 6.88. The summed E-state index contributed by atoms with van der Waals surface area (Å²) >= 11 is 0. The Labute approximate surface area is 186 Å². The van der Waals surface area contributed by atoms with Crippen LogP contribution in [0.25, 0.3) is 12.2 Å². The number of methoxy groups -OCH3 is 2. The number of rotatable bonds is 9. The van der Waals surface area contributed by atoms with Gasteiger partial charge in [-0.2, -0.15) is 0 Å². The van der Waals surface area contributed by atoms with Crippen LogP contribution in [0.3, 0.4) is 0 Å². The summed E-state index contributed by atoms with van der Waals surface area (Å²) in [5, 5.41) is 9.59.